The maximum absolute atomic E-state index is 12.5. The maximum Gasteiger partial charge on any atom is 0.273 e. The summed E-state index contributed by atoms with van der Waals surface area (Å²) in [7, 11) is -3.96. The van der Waals surface area contributed by atoms with Crippen molar-refractivity contribution in [2.24, 2.45) is 0 Å². The number of rotatable bonds is 4. The predicted octanol–water partition coefficient (Wildman–Crippen LogP) is 2.58. The molecule has 0 spiro atoms. The van der Waals surface area contributed by atoms with Crippen molar-refractivity contribution in [1.82, 2.24) is 9.97 Å². The number of imidazole rings is 1. The Hall–Kier alpha value is -2.94. The maximum atomic E-state index is 12.5. The van der Waals surface area contributed by atoms with Crippen LogP contribution in [0.5, 0.6) is 0 Å². The molecule has 1 aromatic heterocycles. The van der Waals surface area contributed by atoms with E-state index in [0.29, 0.717) is 22.3 Å². The molecule has 9 heteroatoms. The number of nitrogens with zero attached hydrogens (tertiary/aromatic N) is 2. The molecule has 0 aliphatic rings. The SMILES string of the molecule is Cc1ccc(S(=O)(=O)Nc2cccc3[nH]cnc23)cc1[N+](=O)[O-]. The summed E-state index contributed by atoms with van der Waals surface area (Å²) in [6.07, 6.45) is 1.46. The molecule has 3 aromatic rings. The van der Waals surface area contributed by atoms with Gasteiger partial charge in [0.05, 0.1) is 27.4 Å². The van der Waals surface area contributed by atoms with Gasteiger partial charge in [0.2, 0.25) is 0 Å². The Morgan fingerprint density at radius 2 is 2.04 bits per heavy atom. The summed E-state index contributed by atoms with van der Waals surface area (Å²) in [5.41, 5.74) is 1.60. The van der Waals surface area contributed by atoms with Gasteiger partial charge >= 0.3 is 0 Å². The number of nitro groups is 1. The fourth-order valence-corrected chi connectivity index (χ4v) is 3.29. The number of sulfonamides is 1. The molecular formula is C14H12N4O4S. The Balaban J connectivity index is 2.04. The second kappa shape index (κ2) is 5.36. The summed E-state index contributed by atoms with van der Waals surface area (Å²) in [6.45, 7) is 1.55. The summed E-state index contributed by atoms with van der Waals surface area (Å²) in [5.74, 6) is 0. The van der Waals surface area contributed by atoms with E-state index in [-0.39, 0.29) is 10.6 Å². The molecule has 0 fully saturated rings. The first kappa shape index (κ1) is 15.0. The smallest absolute Gasteiger partial charge is 0.273 e. The van der Waals surface area contributed by atoms with Crippen LogP contribution in [0.2, 0.25) is 0 Å². The van der Waals surface area contributed by atoms with Crippen molar-refractivity contribution < 1.29 is 13.3 Å². The zero-order chi connectivity index (χ0) is 16.6. The molecule has 2 aromatic carbocycles. The number of fused-ring (bicyclic) bond motifs is 1. The Kier molecular flexibility index (Phi) is 3.49. The van der Waals surface area contributed by atoms with Gasteiger partial charge in [-0.2, -0.15) is 0 Å². The number of benzene rings is 2. The minimum absolute atomic E-state index is 0.178. The van der Waals surface area contributed by atoms with Gasteiger partial charge in [0.1, 0.15) is 5.52 Å². The molecule has 3 rings (SSSR count). The Bertz CT molecular complexity index is 1010. The molecule has 0 atom stereocenters. The molecule has 0 radical (unpaired) electrons. The number of anilines is 1. The minimum atomic E-state index is -3.96. The monoisotopic (exact) mass is 332 g/mol. The lowest BCUT2D eigenvalue weighted by Gasteiger charge is -2.09. The van der Waals surface area contributed by atoms with Crippen LogP contribution in [-0.2, 0) is 10.0 Å². The van der Waals surface area contributed by atoms with Gasteiger partial charge in [-0.1, -0.05) is 12.1 Å². The number of aromatic nitrogens is 2. The second-order valence-corrected chi connectivity index (χ2v) is 6.60. The van der Waals surface area contributed by atoms with Gasteiger partial charge in [-0.15, -0.1) is 0 Å². The first-order valence-corrected chi connectivity index (χ1v) is 8.07. The van der Waals surface area contributed by atoms with E-state index in [9.17, 15) is 18.5 Å². The number of nitro benzene ring substituents is 1. The van der Waals surface area contributed by atoms with E-state index in [1.54, 1.807) is 25.1 Å². The third-order valence-electron chi connectivity index (χ3n) is 3.38. The molecule has 0 saturated heterocycles. The molecule has 8 nitrogen and oxygen atoms in total. The van der Waals surface area contributed by atoms with Crippen molar-refractivity contribution in [3.05, 3.63) is 58.4 Å². The Morgan fingerprint density at radius 1 is 1.26 bits per heavy atom. The van der Waals surface area contributed by atoms with Crippen LogP contribution in [0.25, 0.3) is 11.0 Å². The molecular weight excluding hydrogens is 320 g/mol. The molecule has 0 saturated carbocycles. The summed E-state index contributed by atoms with van der Waals surface area (Å²) in [5, 5.41) is 11.0. The lowest BCUT2D eigenvalue weighted by molar-refractivity contribution is -0.385. The van der Waals surface area contributed by atoms with Crippen LogP contribution >= 0.6 is 0 Å². The highest BCUT2D eigenvalue weighted by atomic mass is 32.2. The van der Waals surface area contributed by atoms with Gasteiger partial charge in [-0.25, -0.2) is 13.4 Å². The lowest BCUT2D eigenvalue weighted by atomic mass is 10.2. The van der Waals surface area contributed by atoms with E-state index in [4.69, 9.17) is 0 Å². The fraction of sp³-hybridized carbons (Fsp3) is 0.0714. The number of para-hydroxylation sites is 1. The van der Waals surface area contributed by atoms with Crippen LogP contribution in [-0.4, -0.2) is 23.3 Å². The van der Waals surface area contributed by atoms with Gasteiger partial charge in [0.15, 0.2) is 0 Å². The Labute approximate surface area is 131 Å². The minimum Gasteiger partial charge on any atom is -0.345 e. The molecule has 0 unspecified atom stereocenters. The van der Waals surface area contributed by atoms with Gasteiger partial charge < -0.3 is 4.98 Å². The molecule has 0 bridgehead atoms. The van der Waals surface area contributed by atoms with Crippen molar-refractivity contribution in [3.63, 3.8) is 0 Å². The number of aryl methyl sites for hydroxylation is 1. The molecule has 23 heavy (non-hydrogen) atoms. The summed E-state index contributed by atoms with van der Waals surface area (Å²) < 4.78 is 27.4. The molecule has 2 N–H and O–H groups in total. The number of aromatic amines is 1. The van der Waals surface area contributed by atoms with Gasteiger partial charge in [0, 0.05) is 11.6 Å². The zero-order valence-corrected chi connectivity index (χ0v) is 12.8. The molecule has 0 amide bonds. The van der Waals surface area contributed by atoms with Crippen LogP contribution in [0.1, 0.15) is 5.56 Å². The average molecular weight is 332 g/mol. The third-order valence-corrected chi connectivity index (χ3v) is 4.74. The number of hydrogen-bond donors (Lipinski definition) is 2. The first-order chi connectivity index (χ1) is 10.9. The second-order valence-electron chi connectivity index (χ2n) is 4.92. The molecule has 1 heterocycles. The topological polar surface area (TPSA) is 118 Å². The largest absolute Gasteiger partial charge is 0.345 e. The molecule has 118 valence electrons. The van der Waals surface area contributed by atoms with E-state index in [0.717, 1.165) is 6.07 Å². The van der Waals surface area contributed by atoms with E-state index in [1.165, 1.54) is 18.5 Å². The average Bonchev–Trinajstić information content (AvgIpc) is 2.96. The van der Waals surface area contributed by atoms with E-state index in [1.807, 2.05) is 0 Å². The zero-order valence-electron chi connectivity index (χ0n) is 12.0. The lowest BCUT2D eigenvalue weighted by Crippen LogP contribution is -2.13. The van der Waals surface area contributed by atoms with E-state index >= 15 is 0 Å². The third kappa shape index (κ3) is 2.73. The summed E-state index contributed by atoms with van der Waals surface area (Å²) in [4.78, 5) is 17.1. The van der Waals surface area contributed by atoms with Crippen molar-refractivity contribution in [2.75, 3.05) is 4.72 Å². The molecule has 0 aliphatic heterocycles. The predicted molar refractivity (Wildman–Crippen MR) is 84.7 cm³/mol. The van der Waals surface area contributed by atoms with Gasteiger partial charge in [-0.05, 0) is 25.1 Å². The first-order valence-electron chi connectivity index (χ1n) is 6.58. The van der Waals surface area contributed by atoms with Gasteiger partial charge in [-0.3, -0.25) is 14.8 Å². The van der Waals surface area contributed by atoms with Crippen LogP contribution in [0.3, 0.4) is 0 Å². The van der Waals surface area contributed by atoms with Crippen LogP contribution in [0, 0.1) is 17.0 Å². The summed E-state index contributed by atoms with van der Waals surface area (Å²) >= 11 is 0. The highest BCUT2D eigenvalue weighted by Gasteiger charge is 2.20. The van der Waals surface area contributed by atoms with Crippen molar-refractivity contribution in [3.8, 4) is 0 Å². The van der Waals surface area contributed by atoms with Crippen molar-refractivity contribution in [2.45, 2.75) is 11.8 Å². The van der Waals surface area contributed by atoms with Crippen LogP contribution in [0.15, 0.2) is 47.6 Å². The van der Waals surface area contributed by atoms with Crippen molar-refractivity contribution in [1.29, 1.82) is 0 Å². The quantitative estimate of drug-likeness (QED) is 0.562. The van der Waals surface area contributed by atoms with E-state index < -0.39 is 14.9 Å². The summed E-state index contributed by atoms with van der Waals surface area (Å²) in [6, 6.07) is 8.79. The number of H-pyrrole nitrogens is 1. The highest BCUT2D eigenvalue weighted by Crippen LogP contribution is 2.26. The normalized spacial score (nSPS) is 11.5. The van der Waals surface area contributed by atoms with Crippen molar-refractivity contribution >= 4 is 32.4 Å². The highest BCUT2D eigenvalue weighted by molar-refractivity contribution is 7.92. The fourth-order valence-electron chi connectivity index (χ4n) is 2.20. The van der Waals surface area contributed by atoms with Crippen LogP contribution < -0.4 is 4.72 Å². The van der Waals surface area contributed by atoms with Crippen LogP contribution in [0.4, 0.5) is 11.4 Å². The number of hydrogen-bond acceptors (Lipinski definition) is 5. The standard InChI is InChI=1S/C14H12N4O4S/c1-9-5-6-10(7-13(9)18(19)20)23(21,22)17-12-4-2-3-11-14(12)16-8-15-11/h2-8,17H,1H3,(H,15,16). The number of nitrogens with one attached hydrogen (secondary N) is 2. The Morgan fingerprint density at radius 3 is 2.78 bits per heavy atom. The van der Waals surface area contributed by atoms with Gasteiger partial charge in [0.25, 0.3) is 15.7 Å². The molecule has 0 aliphatic carbocycles. The van der Waals surface area contributed by atoms with E-state index in [2.05, 4.69) is 14.7 Å².